The van der Waals surface area contributed by atoms with Crippen molar-refractivity contribution < 1.29 is 17.8 Å². The lowest BCUT2D eigenvalue weighted by atomic mass is 10.1. The summed E-state index contributed by atoms with van der Waals surface area (Å²) in [4.78, 5) is 12.9. The van der Waals surface area contributed by atoms with E-state index in [1.165, 1.54) is 0 Å². The van der Waals surface area contributed by atoms with Crippen molar-refractivity contribution in [3.63, 3.8) is 0 Å². The summed E-state index contributed by atoms with van der Waals surface area (Å²) in [5.74, 6) is 0.0350. The Hall–Kier alpha value is -0.620. The maximum Gasteiger partial charge on any atom is 0.264 e. The average molecular weight is 279 g/mol. The molecule has 0 saturated heterocycles. The predicted octanol–water partition coefficient (Wildman–Crippen LogP) is 2.08. The van der Waals surface area contributed by atoms with E-state index >= 15 is 0 Å². The van der Waals surface area contributed by atoms with Crippen molar-refractivity contribution in [2.45, 2.75) is 51.4 Å². The van der Waals surface area contributed by atoms with Crippen LogP contribution < -0.4 is 0 Å². The highest BCUT2D eigenvalue weighted by atomic mass is 32.2. The molecule has 18 heavy (non-hydrogen) atoms. The monoisotopic (exact) mass is 279 g/mol. The van der Waals surface area contributed by atoms with Gasteiger partial charge in [0.1, 0.15) is 0 Å². The van der Waals surface area contributed by atoms with Crippen molar-refractivity contribution in [2.24, 2.45) is 0 Å². The van der Waals surface area contributed by atoms with E-state index in [0.29, 0.717) is 12.8 Å². The van der Waals surface area contributed by atoms with Crippen molar-refractivity contribution >= 4 is 16.0 Å². The standard InChI is InChI=1S/C12H25NO4S/c1-13(2)12(14)10-8-6-4-3-5-7-9-11-18(15,16)17/h3-11H2,1-2H3,(H,15,16,17). The lowest BCUT2D eigenvalue weighted by Crippen LogP contribution is -2.20. The second-order valence-corrected chi connectivity index (χ2v) is 6.37. The Bertz CT molecular complexity index is 325. The number of hydrogen-bond donors (Lipinski definition) is 1. The average Bonchev–Trinajstić information content (AvgIpc) is 2.24. The van der Waals surface area contributed by atoms with Crippen LogP contribution in [0.15, 0.2) is 0 Å². The van der Waals surface area contributed by atoms with E-state index in [-0.39, 0.29) is 11.7 Å². The Balaban J connectivity index is 3.24. The molecule has 0 aliphatic carbocycles. The van der Waals surface area contributed by atoms with Gasteiger partial charge in [-0.3, -0.25) is 9.35 Å². The zero-order valence-electron chi connectivity index (χ0n) is 11.4. The van der Waals surface area contributed by atoms with Gasteiger partial charge in [-0.1, -0.05) is 32.1 Å². The van der Waals surface area contributed by atoms with E-state index in [2.05, 4.69) is 0 Å². The van der Waals surface area contributed by atoms with Crippen LogP contribution in [0.4, 0.5) is 0 Å². The molecular formula is C12H25NO4S. The predicted molar refractivity (Wildman–Crippen MR) is 72.0 cm³/mol. The van der Waals surface area contributed by atoms with Crippen LogP contribution >= 0.6 is 0 Å². The fraction of sp³-hybridized carbons (Fsp3) is 0.917. The van der Waals surface area contributed by atoms with E-state index < -0.39 is 10.1 Å². The van der Waals surface area contributed by atoms with E-state index in [1.807, 2.05) is 0 Å². The molecule has 0 radical (unpaired) electrons. The smallest absolute Gasteiger partial charge is 0.264 e. The first kappa shape index (κ1) is 17.4. The second kappa shape index (κ2) is 9.33. The number of hydrogen-bond acceptors (Lipinski definition) is 3. The number of rotatable bonds is 10. The Morgan fingerprint density at radius 2 is 1.39 bits per heavy atom. The van der Waals surface area contributed by atoms with E-state index in [4.69, 9.17) is 4.55 Å². The molecule has 1 amide bonds. The highest BCUT2D eigenvalue weighted by Gasteiger charge is 2.04. The van der Waals surface area contributed by atoms with E-state index in [9.17, 15) is 13.2 Å². The van der Waals surface area contributed by atoms with Crippen LogP contribution in [0.3, 0.4) is 0 Å². The molecule has 0 bridgehead atoms. The number of carbonyl (C=O) groups excluding carboxylic acids is 1. The van der Waals surface area contributed by atoms with Gasteiger partial charge >= 0.3 is 0 Å². The molecule has 6 heteroatoms. The third-order valence-corrected chi connectivity index (χ3v) is 3.60. The molecule has 0 aliphatic rings. The summed E-state index contributed by atoms with van der Waals surface area (Å²) >= 11 is 0. The normalized spacial score (nSPS) is 11.5. The molecule has 0 fully saturated rings. The summed E-state index contributed by atoms with van der Waals surface area (Å²) in [6, 6.07) is 0. The SMILES string of the molecule is CN(C)C(=O)CCCCCCCCCS(=O)(=O)O. The quantitative estimate of drug-likeness (QED) is 0.491. The molecule has 1 N–H and O–H groups in total. The van der Waals surface area contributed by atoms with E-state index in [1.54, 1.807) is 19.0 Å². The zero-order valence-corrected chi connectivity index (χ0v) is 12.2. The third-order valence-electron chi connectivity index (χ3n) is 2.79. The summed E-state index contributed by atoms with van der Waals surface area (Å²) in [5, 5.41) is 0. The van der Waals surface area contributed by atoms with Gasteiger partial charge < -0.3 is 4.90 Å². The fourth-order valence-electron chi connectivity index (χ4n) is 1.67. The van der Waals surface area contributed by atoms with Crippen LogP contribution in [-0.4, -0.2) is 43.6 Å². The Morgan fingerprint density at radius 3 is 1.83 bits per heavy atom. The molecule has 0 unspecified atom stereocenters. The molecule has 0 atom stereocenters. The van der Waals surface area contributed by atoms with Gasteiger partial charge in [0.05, 0.1) is 5.75 Å². The minimum Gasteiger partial charge on any atom is -0.349 e. The largest absolute Gasteiger partial charge is 0.349 e. The van der Waals surface area contributed by atoms with Gasteiger partial charge in [-0.2, -0.15) is 8.42 Å². The summed E-state index contributed by atoms with van der Waals surface area (Å²) in [6.07, 6.45) is 7.04. The lowest BCUT2D eigenvalue weighted by Gasteiger charge is -2.09. The molecule has 0 aromatic heterocycles. The van der Waals surface area contributed by atoms with Crippen molar-refractivity contribution in [2.75, 3.05) is 19.8 Å². The van der Waals surface area contributed by atoms with Crippen LogP contribution in [0, 0.1) is 0 Å². The topological polar surface area (TPSA) is 74.7 Å². The molecule has 0 aromatic rings. The van der Waals surface area contributed by atoms with Crippen LogP contribution in [0.25, 0.3) is 0 Å². The fourth-order valence-corrected chi connectivity index (χ4v) is 2.24. The highest BCUT2D eigenvalue weighted by molar-refractivity contribution is 7.85. The van der Waals surface area contributed by atoms with Gasteiger partial charge in [0.15, 0.2) is 0 Å². The summed E-state index contributed by atoms with van der Waals surface area (Å²) in [7, 11) is -0.262. The van der Waals surface area contributed by atoms with E-state index in [0.717, 1.165) is 38.5 Å². The molecule has 0 aromatic carbocycles. The summed E-state index contributed by atoms with van der Waals surface area (Å²) in [5.41, 5.74) is 0. The molecule has 5 nitrogen and oxygen atoms in total. The summed E-state index contributed by atoms with van der Waals surface area (Å²) in [6.45, 7) is 0. The molecule has 0 aliphatic heterocycles. The van der Waals surface area contributed by atoms with Crippen molar-refractivity contribution in [3.8, 4) is 0 Å². The minimum atomic E-state index is -3.79. The van der Waals surface area contributed by atoms with Crippen LogP contribution in [0.2, 0.25) is 0 Å². The maximum absolute atomic E-state index is 11.3. The van der Waals surface area contributed by atoms with Gasteiger partial charge in [-0.05, 0) is 12.8 Å². The molecule has 0 heterocycles. The van der Waals surface area contributed by atoms with Gasteiger partial charge in [0, 0.05) is 20.5 Å². The van der Waals surface area contributed by atoms with Crippen LogP contribution in [-0.2, 0) is 14.9 Å². The maximum atomic E-state index is 11.3. The van der Waals surface area contributed by atoms with Crippen LogP contribution in [0.5, 0.6) is 0 Å². The zero-order chi connectivity index (χ0) is 14.0. The second-order valence-electron chi connectivity index (χ2n) is 4.80. The van der Waals surface area contributed by atoms with Crippen molar-refractivity contribution in [3.05, 3.63) is 0 Å². The molecular weight excluding hydrogens is 254 g/mol. The highest BCUT2D eigenvalue weighted by Crippen LogP contribution is 2.09. The van der Waals surface area contributed by atoms with Crippen LogP contribution in [0.1, 0.15) is 51.4 Å². The van der Waals surface area contributed by atoms with Gasteiger partial charge in [0.2, 0.25) is 5.91 Å². The Morgan fingerprint density at radius 1 is 0.944 bits per heavy atom. The number of carbonyl (C=O) groups is 1. The Kier molecular flexibility index (Phi) is 9.01. The lowest BCUT2D eigenvalue weighted by molar-refractivity contribution is -0.128. The Labute approximate surface area is 110 Å². The molecule has 108 valence electrons. The van der Waals surface area contributed by atoms with Gasteiger partial charge in [-0.25, -0.2) is 0 Å². The summed E-state index contributed by atoms with van der Waals surface area (Å²) < 4.78 is 29.4. The number of unbranched alkanes of at least 4 members (excludes halogenated alkanes) is 6. The molecule has 0 rings (SSSR count). The first-order chi connectivity index (χ1) is 8.33. The molecule has 0 saturated carbocycles. The number of amides is 1. The third kappa shape index (κ3) is 11.9. The van der Waals surface area contributed by atoms with Gasteiger partial charge in [0.25, 0.3) is 10.1 Å². The van der Waals surface area contributed by atoms with Gasteiger partial charge in [-0.15, -0.1) is 0 Å². The van der Waals surface area contributed by atoms with Crippen molar-refractivity contribution in [1.82, 2.24) is 4.90 Å². The first-order valence-corrected chi connectivity index (χ1v) is 8.09. The van der Waals surface area contributed by atoms with Crippen molar-refractivity contribution in [1.29, 1.82) is 0 Å². The number of nitrogens with zero attached hydrogens (tertiary/aromatic N) is 1. The molecule has 0 spiro atoms. The minimum absolute atomic E-state index is 0.135. The first-order valence-electron chi connectivity index (χ1n) is 6.48.